The zero-order valence-electron chi connectivity index (χ0n) is 22.6. The maximum atomic E-state index is 13.8. The third kappa shape index (κ3) is 6.57. The third-order valence-corrected chi connectivity index (χ3v) is 11.1. The quantitative estimate of drug-likeness (QED) is 0.514. The highest BCUT2D eigenvalue weighted by Gasteiger charge is 2.44. The monoisotopic (exact) mass is 604 g/mol. The number of carbonyl (C=O) groups is 1. The lowest BCUT2D eigenvalue weighted by molar-refractivity contribution is -0.141. The highest BCUT2D eigenvalue weighted by atomic mass is 35.5. The van der Waals surface area contributed by atoms with E-state index >= 15 is 0 Å². The van der Waals surface area contributed by atoms with Crippen molar-refractivity contribution in [1.82, 2.24) is 19.2 Å². The lowest BCUT2D eigenvalue weighted by atomic mass is 10.1. The van der Waals surface area contributed by atoms with Gasteiger partial charge in [0.25, 0.3) is 0 Å². The fourth-order valence-corrected chi connectivity index (χ4v) is 8.86. The van der Waals surface area contributed by atoms with Crippen LogP contribution in [0.3, 0.4) is 0 Å². The van der Waals surface area contributed by atoms with Crippen molar-refractivity contribution >= 4 is 39.1 Å². The summed E-state index contributed by atoms with van der Waals surface area (Å²) in [6, 6.07) is 1.48. The highest BCUT2D eigenvalue weighted by Crippen LogP contribution is 2.45. The minimum absolute atomic E-state index is 0.0148. The van der Waals surface area contributed by atoms with E-state index in [9.17, 15) is 18.4 Å². The first-order valence-corrected chi connectivity index (χ1v) is 15.8. The smallest absolute Gasteiger partial charge is 0.248 e. The van der Waals surface area contributed by atoms with Crippen molar-refractivity contribution in [2.75, 3.05) is 65.6 Å². The Morgan fingerprint density at radius 3 is 2.64 bits per heavy atom. The molecule has 2 atom stereocenters. The Morgan fingerprint density at radius 1 is 1.15 bits per heavy atom. The van der Waals surface area contributed by atoms with Gasteiger partial charge in [0.2, 0.25) is 15.9 Å². The fraction of sp³-hybridized carbons (Fsp3) is 0.731. The van der Waals surface area contributed by atoms with Gasteiger partial charge in [-0.1, -0.05) is 23.2 Å². The summed E-state index contributed by atoms with van der Waals surface area (Å²) in [5, 5.41) is 11.5. The molecular formula is C26H38Cl2N4O6S. The van der Waals surface area contributed by atoms with Gasteiger partial charge in [0.15, 0.2) is 0 Å². The predicted octanol–water partition coefficient (Wildman–Crippen LogP) is 2.47. The molecule has 1 aromatic rings. The van der Waals surface area contributed by atoms with Crippen molar-refractivity contribution in [3.8, 4) is 0 Å². The summed E-state index contributed by atoms with van der Waals surface area (Å²) in [5.74, 6) is -0.110. The summed E-state index contributed by atoms with van der Waals surface area (Å²) in [4.78, 5) is 17.1. The van der Waals surface area contributed by atoms with Gasteiger partial charge in [-0.05, 0) is 56.7 Å². The van der Waals surface area contributed by atoms with Gasteiger partial charge in [0.05, 0.1) is 34.9 Å². The number of carbonyl (C=O) groups excluding carboxylic acids is 1. The van der Waals surface area contributed by atoms with Gasteiger partial charge in [-0.15, -0.1) is 0 Å². The number of fused-ring (bicyclic) bond motifs is 1. The van der Waals surface area contributed by atoms with Crippen molar-refractivity contribution in [2.24, 2.45) is 0 Å². The molecule has 3 heterocycles. The molecule has 3 saturated heterocycles. The van der Waals surface area contributed by atoms with E-state index < -0.39 is 21.7 Å². The van der Waals surface area contributed by atoms with Crippen LogP contribution in [0.5, 0.6) is 0 Å². The first kappa shape index (κ1) is 29.5. The summed E-state index contributed by atoms with van der Waals surface area (Å²) in [6.07, 6.45) is 3.59. The molecule has 1 N–H and O–H groups in total. The van der Waals surface area contributed by atoms with Gasteiger partial charge in [0.1, 0.15) is 11.5 Å². The van der Waals surface area contributed by atoms with Crippen molar-refractivity contribution < 1.29 is 27.9 Å². The zero-order valence-corrected chi connectivity index (χ0v) is 24.9. The normalized spacial score (nSPS) is 26.7. The molecule has 218 valence electrons. The van der Waals surface area contributed by atoms with Crippen molar-refractivity contribution in [3.63, 3.8) is 0 Å². The molecule has 39 heavy (non-hydrogen) atoms. The number of benzene rings is 1. The Labute approximate surface area is 240 Å². The molecule has 0 bridgehead atoms. The van der Waals surface area contributed by atoms with Crippen LogP contribution >= 0.6 is 23.2 Å². The fourth-order valence-electron chi connectivity index (χ4n) is 5.82. The minimum Gasteiger partial charge on any atom is -0.372 e. The maximum absolute atomic E-state index is 13.8. The average molecular weight is 606 g/mol. The van der Waals surface area contributed by atoms with Gasteiger partial charge in [-0.25, -0.2) is 8.42 Å². The van der Waals surface area contributed by atoms with Crippen LogP contribution < -0.4 is 0 Å². The van der Waals surface area contributed by atoms with Gasteiger partial charge in [0, 0.05) is 51.9 Å². The van der Waals surface area contributed by atoms with Crippen LogP contribution in [0.15, 0.2) is 11.0 Å². The number of halogens is 2. The molecule has 3 aliphatic heterocycles. The molecule has 5 rings (SSSR count). The number of morpholine rings is 1. The van der Waals surface area contributed by atoms with Crippen LogP contribution in [0, 0.1) is 0 Å². The van der Waals surface area contributed by atoms with E-state index in [1.165, 1.54) is 9.37 Å². The lowest BCUT2D eigenvalue weighted by Crippen LogP contribution is -2.57. The summed E-state index contributed by atoms with van der Waals surface area (Å²) in [7, 11) is -4.04. The number of ether oxygens (including phenoxy) is 2. The molecule has 3 fully saturated rings. The molecule has 13 heteroatoms. The molecule has 0 spiro atoms. The van der Waals surface area contributed by atoms with Gasteiger partial charge >= 0.3 is 0 Å². The van der Waals surface area contributed by atoms with Crippen LogP contribution in [0.4, 0.5) is 0 Å². The Bertz CT molecular complexity index is 1190. The van der Waals surface area contributed by atoms with E-state index in [1.807, 2.05) is 13.8 Å². The molecule has 0 aromatic heterocycles. The number of rotatable bonds is 7. The third-order valence-electron chi connectivity index (χ3n) is 8.18. The Hall–Kier alpha value is -1.02. The van der Waals surface area contributed by atoms with E-state index in [1.54, 1.807) is 11.0 Å². The van der Waals surface area contributed by atoms with E-state index in [2.05, 4.69) is 4.90 Å². The lowest BCUT2D eigenvalue weighted by Gasteiger charge is -2.42. The number of amides is 1. The summed E-state index contributed by atoms with van der Waals surface area (Å²) >= 11 is 12.8. The van der Waals surface area contributed by atoms with E-state index in [0.29, 0.717) is 38.6 Å². The van der Waals surface area contributed by atoms with E-state index in [0.717, 1.165) is 43.5 Å². The molecule has 10 nitrogen and oxygen atoms in total. The molecule has 0 saturated carbocycles. The van der Waals surface area contributed by atoms with E-state index in [-0.39, 0.29) is 47.2 Å². The highest BCUT2D eigenvalue weighted by molar-refractivity contribution is 7.89. The largest absolute Gasteiger partial charge is 0.372 e. The zero-order chi connectivity index (χ0) is 27.9. The van der Waals surface area contributed by atoms with Crippen LogP contribution in [0.25, 0.3) is 0 Å². The molecule has 1 amide bonds. The first-order valence-electron chi connectivity index (χ1n) is 13.7. The Morgan fingerprint density at radius 2 is 1.90 bits per heavy atom. The van der Waals surface area contributed by atoms with Crippen molar-refractivity contribution in [1.29, 1.82) is 0 Å². The predicted molar refractivity (Wildman–Crippen MR) is 147 cm³/mol. The Kier molecular flexibility index (Phi) is 8.84. The SMILES string of the molecule is CC1(C)CN(S(=O)(=O)c2c(Cl)cc3c(c2Cl)C3)[C@H](COCC(=O)N2CCN(C3CCCN(O)CC3)CC2)CO1. The molecular weight excluding hydrogens is 567 g/mol. The molecule has 0 radical (unpaired) electrons. The summed E-state index contributed by atoms with van der Waals surface area (Å²) < 4.78 is 40.7. The minimum atomic E-state index is -4.04. The second kappa shape index (κ2) is 11.7. The molecule has 1 aliphatic carbocycles. The molecule has 1 aromatic carbocycles. The topological polar surface area (TPSA) is 103 Å². The second-order valence-electron chi connectivity index (χ2n) is 11.6. The van der Waals surface area contributed by atoms with Gasteiger partial charge in [-0.3, -0.25) is 9.69 Å². The number of hydroxylamine groups is 2. The Balaban J connectivity index is 1.17. The van der Waals surface area contributed by atoms with Gasteiger partial charge < -0.3 is 19.6 Å². The van der Waals surface area contributed by atoms with Crippen LogP contribution in [0.1, 0.15) is 44.2 Å². The molecule has 4 aliphatic rings. The van der Waals surface area contributed by atoms with Crippen LogP contribution in [-0.2, 0) is 30.7 Å². The van der Waals surface area contributed by atoms with Gasteiger partial charge in [-0.2, -0.15) is 9.37 Å². The molecule has 1 unspecified atom stereocenters. The van der Waals surface area contributed by atoms with Crippen molar-refractivity contribution in [3.05, 3.63) is 27.2 Å². The van der Waals surface area contributed by atoms with Crippen molar-refractivity contribution in [2.45, 2.75) is 62.1 Å². The first-order chi connectivity index (χ1) is 18.5. The number of hydrogen-bond acceptors (Lipinski definition) is 8. The summed E-state index contributed by atoms with van der Waals surface area (Å²) in [6.45, 7) is 8.02. The number of nitrogens with zero attached hydrogens (tertiary/aromatic N) is 4. The van der Waals surface area contributed by atoms with Crippen LogP contribution in [0.2, 0.25) is 10.0 Å². The number of piperazine rings is 1. The van der Waals surface area contributed by atoms with E-state index in [4.69, 9.17) is 32.7 Å². The average Bonchev–Trinajstić information content (AvgIpc) is 3.69. The number of hydrogen-bond donors (Lipinski definition) is 1. The summed E-state index contributed by atoms with van der Waals surface area (Å²) in [5.41, 5.74) is 1.09. The van der Waals surface area contributed by atoms with Crippen LogP contribution in [-0.4, -0.2) is 122 Å². The number of sulfonamides is 1. The standard InChI is InChI=1S/C26H38Cl2N4O6S/c1-26(2)17-32(39(35,36)25-22(27)13-18-12-21(18)24(25)28)20(15-38-26)14-37-16-23(33)30-10-8-29(9-11-30)19-4-3-6-31(34)7-5-19/h13,19-20,34H,3-12,14-17H2,1-2H3/t19?,20-/m1/s1. The second-order valence-corrected chi connectivity index (χ2v) is 14.2. The maximum Gasteiger partial charge on any atom is 0.248 e.